The molecule has 64 heavy (non-hydrogen) atoms. The van der Waals surface area contributed by atoms with Crippen LogP contribution in [0.25, 0.3) is 21.9 Å². The van der Waals surface area contributed by atoms with Gasteiger partial charge in [-0.1, -0.05) is 115 Å². The molecule has 10 nitrogen and oxygen atoms in total. The molecule has 0 bridgehead atoms. The number of hydrogen-bond donors (Lipinski definition) is 2. The predicted octanol–water partition coefficient (Wildman–Crippen LogP) is 11.2. The number of rotatable bonds is 19. The van der Waals surface area contributed by atoms with Crippen LogP contribution in [0.5, 0.6) is 17.2 Å². The monoisotopic (exact) mass is 864 g/mol. The van der Waals surface area contributed by atoms with Crippen molar-refractivity contribution in [2.24, 2.45) is 22.9 Å². The number of carbonyl (C=O) groups excluding carboxylic acids is 1. The summed E-state index contributed by atoms with van der Waals surface area (Å²) in [4.78, 5) is 22.0. The first-order valence-electron chi connectivity index (χ1n) is 22.8. The Morgan fingerprint density at radius 1 is 0.875 bits per heavy atom. The molecule has 2 N–H and O–H groups in total. The second-order valence-electron chi connectivity index (χ2n) is 16.9. The van der Waals surface area contributed by atoms with Gasteiger partial charge in [-0.15, -0.1) is 6.58 Å². The summed E-state index contributed by atoms with van der Waals surface area (Å²) in [5.74, 6) is 0.0664. The van der Waals surface area contributed by atoms with E-state index in [1.807, 2.05) is 67.6 Å². The zero-order valence-corrected chi connectivity index (χ0v) is 36.9. The van der Waals surface area contributed by atoms with Crippen molar-refractivity contribution >= 4 is 22.6 Å². The van der Waals surface area contributed by atoms with Crippen LogP contribution in [-0.2, 0) is 20.9 Å². The third-order valence-corrected chi connectivity index (χ3v) is 13.1. The molecule has 1 saturated carbocycles. The van der Waals surface area contributed by atoms with Gasteiger partial charge in [0, 0.05) is 31.1 Å². The maximum Gasteiger partial charge on any atom is 0.410 e. The molecule has 1 heterocycles. The number of aliphatic hydroxyl groups excluding tert-OH is 2. The molecule has 0 radical (unpaired) electrons. The van der Waals surface area contributed by atoms with Crippen LogP contribution < -0.4 is 9.47 Å². The number of ether oxygens (including phenoxy) is 4. The molecule has 5 aromatic carbocycles. The molecular formula is C54H60N2O8. The Morgan fingerprint density at radius 3 is 2.34 bits per heavy atom. The van der Waals surface area contributed by atoms with Crippen LogP contribution in [0.4, 0.5) is 4.79 Å². The fourth-order valence-electron chi connectivity index (χ4n) is 10.4. The lowest BCUT2D eigenvalue weighted by molar-refractivity contribution is -0.256. The van der Waals surface area contributed by atoms with Gasteiger partial charge in [0.15, 0.2) is 0 Å². The molecule has 334 valence electrons. The minimum Gasteiger partial charge on any atom is -0.459 e. The third kappa shape index (κ3) is 9.18. The van der Waals surface area contributed by atoms with Gasteiger partial charge in [-0.25, -0.2) is 4.79 Å². The number of nitrogens with zero attached hydrogens (tertiary/aromatic N) is 2. The minimum atomic E-state index is -1.43. The summed E-state index contributed by atoms with van der Waals surface area (Å²) < 4.78 is 27.1. The average molecular weight is 865 g/mol. The summed E-state index contributed by atoms with van der Waals surface area (Å²) in [7, 11) is 1.55. The SMILES string of the molecule is C=CCO[C@@]12Oc3ccc(Oc4ccc(-c5ccccc5)cc4)cc3[C@H]3[C@H](CCCCO)[C@@H](CCCCO)C=C(C(=NOC)C[C@@H]1N(Cc1cccc4ccccc14)C(=O)OCC)[C@H]32. The Labute approximate surface area is 376 Å². The predicted molar refractivity (Wildman–Crippen MR) is 250 cm³/mol. The van der Waals surface area contributed by atoms with Crippen molar-refractivity contribution in [2.45, 2.75) is 76.2 Å². The molecule has 2 aliphatic carbocycles. The number of carbonyl (C=O) groups is 1. The number of oxime groups is 1. The molecule has 0 spiro atoms. The molecule has 6 atom stereocenters. The summed E-state index contributed by atoms with van der Waals surface area (Å²) in [6.45, 7) is 6.64. The van der Waals surface area contributed by atoms with Crippen LogP contribution in [-0.4, -0.2) is 72.3 Å². The molecule has 0 saturated heterocycles. The van der Waals surface area contributed by atoms with Crippen molar-refractivity contribution in [1.82, 2.24) is 4.90 Å². The largest absolute Gasteiger partial charge is 0.459 e. The van der Waals surface area contributed by atoms with Crippen LogP contribution in [0.1, 0.15) is 68.9 Å². The highest BCUT2D eigenvalue weighted by Crippen LogP contribution is 2.62. The zero-order chi connectivity index (χ0) is 44.5. The summed E-state index contributed by atoms with van der Waals surface area (Å²) in [5, 5.41) is 26.8. The summed E-state index contributed by atoms with van der Waals surface area (Å²) >= 11 is 0. The molecule has 1 fully saturated rings. The second-order valence-corrected chi connectivity index (χ2v) is 16.9. The Morgan fingerprint density at radius 2 is 1.59 bits per heavy atom. The van der Waals surface area contributed by atoms with Gasteiger partial charge in [0.25, 0.3) is 0 Å². The van der Waals surface area contributed by atoms with Crippen molar-refractivity contribution in [3.8, 4) is 28.4 Å². The van der Waals surface area contributed by atoms with Crippen LogP contribution in [0.3, 0.4) is 0 Å². The average Bonchev–Trinajstić information content (AvgIpc) is 3.32. The fraction of sp³-hybridized carbons (Fsp3) is 0.370. The summed E-state index contributed by atoms with van der Waals surface area (Å²) in [6.07, 6.45) is 8.49. The number of hydrogen-bond acceptors (Lipinski definition) is 9. The summed E-state index contributed by atoms with van der Waals surface area (Å²) in [5.41, 5.74) is 5.83. The molecule has 5 aromatic rings. The Kier molecular flexibility index (Phi) is 14.4. The minimum absolute atomic E-state index is 0.0606. The highest BCUT2D eigenvalue weighted by atomic mass is 16.7. The lowest BCUT2D eigenvalue weighted by Gasteiger charge is -2.59. The van der Waals surface area contributed by atoms with Crippen LogP contribution in [0.15, 0.2) is 145 Å². The number of amides is 1. The normalized spacial score (nSPS) is 22.7. The van der Waals surface area contributed by atoms with E-state index >= 15 is 0 Å². The second kappa shape index (κ2) is 20.7. The first-order valence-corrected chi connectivity index (χ1v) is 22.8. The summed E-state index contributed by atoms with van der Waals surface area (Å²) in [6, 6.07) is 37.9. The Hall–Kier alpha value is -5.94. The molecule has 0 unspecified atom stereocenters. The fourth-order valence-corrected chi connectivity index (χ4v) is 10.4. The first kappa shape index (κ1) is 44.7. The van der Waals surface area contributed by atoms with Crippen LogP contribution in [0.2, 0.25) is 0 Å². The van der Waals surface area contributed by atoms with Gasteiger partial charge in [-0.3, -0.25) is 4.90 Å². The van der Waals surface area contributed by atoms with Gasteiger partial charge in [-0.2, -0.15) is 0 Å². The standard InChI is InChI=1S/C54H60N2O8/c1-4-32-62-54-50(56(53(59)61-5-2)36-41-21-15-20-39-18-9-10-22-44(39)41)35-48(55-60-3)46-33-40(19-11-13-30-57)45(23-12-14-31-58)51(52(46)54)47-34-43(28-29-49(47)64-54)63-42-26-24-38(25-27-42)37-16-7-6-8-17-37/h4,6-10,15-18,20-22,24-29,33-34,40,45,50-52,57-58H,1,5,11-14,19,23,30-32,35-36H2,2-3H3/t40-,45+,50-,51+,52+,54+/m0/s1. The molecule has 10 heteroatoms. The van der Waals surface area contributed by atoms with Gasteiger partial charge in [0.1, 0.15) is 30.4 Å². The molecule has 3 aliphatic rings. The lowest BCUT2D eigenvalue weighted by Crippen LogP contribution is -2.70. The molecule has 0 aromatic heterocycles. The van der Waals surface area contributed by atoms with Gasteiger partial charge < -0.3 is 34.0 Å². The van der Waals surface area contributed by atoms with Crippen molar-refractivity contribution in [3.05, 3.63) is 151 Å². The number of allylic oxidation sites excluding steroid dienone is 1. The topological polar surface area (TPSA) is 119 Å². The van der Waals surface area contributed by atoms with E-state index in [0.717, 1.165) is 64.3 Å². The van der Waals surface area contributed by atoms with Crippen LogP contribution >= 0.6 is 0 Å². The van der Waals surface area contributed by atoms with Crippen LogP contribution in [0, 0.1) is 17.8 Å². The number of unbranched alkanes of at least 4 members (excludes halogenated alkanes) is 2. The van der Waals surface area contributed by atoms with Gasteiger partial charge in [0.05, 0.1) is 31.4 Å². The third-order valence-electron chi connectivity index (χ3n) is 13.1. The number of benzene rings is 5. The van der Waals surface area contributed by atoms with Crippen molar-refractivity contribution in [1.29, 1.82) is 0 Å². The lowest BCUT2D eigenvalue weighted by atomic mass is 9.55. The van der Waals surface area contributed by atoms with E-state index in [0.29, 0.717) is 35.8 Å². The molecule has 1 aliphatic heterocycles. The van der Waals surface area contributed by atoms with Gasteiger partial charge in [-0.05, 0) is 108 Å². The van der Waals surface area contributed by atoms with Crippen molar-refractivity contribution < 1.29 is 38.8 Å². The molecule has 1 amide bonds. The smallest absolute Gasteiger partial charge is 0.410 e. The van der Waals surface area contributed by atoms with E-state index in [1.54, 1.807) is 18.1 Å². The highest BCUT2D eigenvalue weighted by Gasteiger charge is 2.65. The van der Waals surface area contributed by atoms with Gasteiger partial charge >= 0.3 is 6.09 Å². The van der Waals surface area contributed by atoms with Crippen molar-refractivity contribution in [2.75, 3.05) is 33.5 Å². The number of aliphatic hydroxyl groups is 2. The van der Waals surface area contributed by atoms with E-state index in [-0.39, 0.29) is 57.1 Å². The van der Waals surface area contributed by atoms with E-state index in [9.17, 15) is 15.0 Å². The molecular weight excluding hydrogens is 805 g/mol. The first-order chi connectivity index (χ1) is 31.4. The maximum absolute atomic E-state index is 14.6. The maximum atomic E-state index is 14.6. The highest BCUT2D eigenvalue weighted by molar-refractivity contribution is 6.03. The van der Waals surface area contributed by atoms with E-state index in [2.05, 4.69) is 67.3 Å². The van der Waals surface area contributed by atoms with E-state index in [1.165, 1.54) is 0 Å². The van der Waals surface area contributed by atoms with Crippen molar-refractivity contribution in [3.63, 3.8) is 0 Å². The van der Waals surface area contributed by atoms with E-state index in [4.69, 9.17) is 28.9 Å². The zero-order valence-electron chi connectivity index (χ0n) is 36.9. The number of fused-ring (bicyclic) bond motifs is 3. The Balaban J connectivity index is 1.30. The quantitative estimate of drug-likeness (QED) is 0.0478. The van der Waals surface area contributed by atoms with E-state index < -0.39 is 23.8 Å². The Bertz CT molecular complexity index is 2430. The molecule has 8 rings (SSSR count). The van der Waals surface area contributed by atoms with Gasteiger partial charge in [0.2, 0.25) is 5.79 Å².